The van der Waals surface area contributed by atoms with Crippen LogP contribution in [0.4, 0.5) is 0 Å². The number of rotatable bonds is 2. The van der Waals surface area contributed by atoms with Crippen LogP contribution in [0.15, 0.2) is 12.7 Å². The molecule has 1 unspecified atom stereocenters. The predicted octanol–water partition coefficient (Wildman–Crippen LogP) is 0.757. The number of hydrogen-bond donors (Lipinski definition) is 1. The summed E-state index contributed by atoms with van der Waals surface area (Å²) in [6.45, 7) is 5.13. The molecule has 0 spiro atoms. The highest BCUT2D eigenvalue weighted by Gasteiger charge is 1.86. The zero-order valence-corrected chi connectivity index (χ0v) is 3.89. The lowest BCUT2D eigenvalue weighted by atomic mass is 10.3. The van der Waals surface area contributed by atoms with Gasteiger partial charge in [0, 0.05) is 0 Å². The molecular formula is C5H9O. The van der Waals surface area contributed by atoms with E-state index in [0.717, 1.165) is 0 Å². The fourth-order valence-electron chi connectivity index (χ4n) is 0.136. The maximum atomic E-state index is 8.49. The van der Waals surface area contributed by atoms with Crippen molar-refractivity contribution in [2.45, 2.75) is 13.0 Å². The quantitative estimate of drug-likeness (QED) is 0.491. The second-order valence-electron chi connectivity index (χ2n) is 1.06. The Bertz CT molecular complexity index is 41.2. The summed E-state index contributed by atoms with van der Waals surface area (Å²) in [6, 6.07) is 0. The van der Waals surface area contributed by atoms with Gasteiger partial charge in [-0.3, -0.25) is 0 Å². The third-order valence-corrected chi connectivity index (χ3v) is 0.583. The first-order valence-corrected chi connectivity index (χ1v) is 1.91. The lowest BCUT2D eigenvalue weighted by Gasteiger charge is -1.93. The van der Waals surface area contributed by atoms with Crippen molar-refractivity contribution >= 4 is 0 Å². The van der Waals surface area contributed by atoms with Crippen LogP contribution in [0.25, 0.3) is 0 Å². The number of hydrogen-bond acceptors (Lipinski definition) is 1. The maximum absolute atomic E-state index is 8.49. The summed E-state index contributed by atoms with van der Waals surface area (Å²) in [5.41, 5.74) is 0. The maximum Gasteiger partial charge on any atom is 0.0747 e. The van der Waals surface area contributed by atoms with E-state index in [2.05, 4.69) is 6.58 Å². The van der Waals surface area contributed by atoms with Crippen LogP contribution in [0.2, 0.25) is 0 Å². The second kappa shape index (κ2) is 2.91. The Balaban J connectivity index is 2.96. The summed E-state index contributed by atoms with van der Waals surface area (Å²) >= 11 is 0. The topological polar surface area (TPSA) is 20.2 Å². The van der Waals surface area contributed by atoms with Crippen LogP contribution in [-0.4, -0.2) is 11.2 Å². The third-order valence-electron chi connectivity index (χ3n) is 0.583. The van der Waals surface area contributed by atoms with Gasteiger partial charge in [0.1, 0.15) is 0 Å². The summed E-state index contributed by atoms with van der Waals surface area (Å²) < 4.78 is 0. The number of aliphatic hydroxyl groups excluding tert-OH is 1. The zero-order valence-electron chi connectivity index (χ0n) is 3.89. The lowest BCUT2D eigenvalue weighted by molar-refractivity contribution is 0.256. The van der Waals surface area contributed by atoms with Crippen LogP contribution in [0, 0.1) is 6.42 Å². The molecule has 0 amide bonds. The molecule has 0 aromatic carbocycles. The molecule has 0 saturated carbocycles. The molecule has 0 aromatic rings. The van der Waals surface area contributed by atoms with Gasteiger partial charge in [0.05, 0.1) is 6.10 Å². The van der Waals surface area contributed by atoms with Crippen LogP contribution in [0.5, 0.6) is 0 Å². The van der Waals surface area contributed by atoms with Crippen molar-refractivity contribution in [2.24, 2.45) is 0 Å². The Labute approximate surface area is 38.3 Å². The summed E-state index contributed by atoms with van der Waals surface area (Å²) in [5, 5.41) is 8.49. The Morgan fingerprint density at radius 3 is 2.33 bits per heavy atom. The molecule has 0 aliphatic rings. The average molecular weight is 85.1 g/mol. The van der Waals surface area contributed by atoms with Gasteiger partial charge in [-0.2, -0.15) is 0 Å². The van der Waals surface area contributed by atoms with Gasteiger partial charge in [0.15, 0.2) is 0 Å². The van der Waals surface area contributed by atoms with E-state index in [-0.39, 0.29) is 0 Å². The van der Waals surface area contributed by atoms with E-state index in [1.165, 1.54) is 6.08 Å². The molecule has 0 heterocycles. The highest BCUT2D eigenvalue weighted by Crippen LogP contribution is 1.84. The molecule has 1 N–H and O–H groups in total. The van der Waals surface area contributed by atoms with E-state index < -0.39 is 6.10 Å². The van der Waals surface area contributed by atoms with Crippen molar-refractivity contribution in [3.8, 4) is 0 Å². The van der Waals surface area contributed by atoms with Gasteiger partial charge < -0.3 is 5.11 Å². The van der Waals surface area contributed by atoms with Crippen LogP contribution in [-0.2, 0) is 0 Å². The van der Waals surface area contributed by atoms with Gasteiger partial charge in [0.2, 0.25) is 0 Å². The minimum atomic E-state index is -0.426. The second-order valence-corrected chi connectivity index (χ2v) is 1.06. The summed E-state index contributed by atoms with van der Waals surface area (Å²) in [6.07, 6.45) is 2.71. The third kappa shape index (κ3) is 1.97. The van der Waals surface area contributed by atoms with E-state index in [1.54, 1.807) is 13.3 Å². The first-order chi connectivity index (χ1) is 2.81. The van der Waals surface area contributed by atoms with Crippen molar-refractivity contribution in [3.63, 3.8) is 0 Å². The Morgan fingerprint density at radius 1 is 1.83 bits per heavy atom. The molecule has 0 aliphatic carbocycles. The average Bonchev–Trinajstić information content (AvgIpc) is 1.65. The Hall–Kier alpha value is -0.300. The fraction of sp³-hybridized carbons (Fsp3) is 0.400. The normalized spacial score (nSPS) is 13.7. The summed E-state index contributed by atoms with van der Waals surface area (Å²) in [7, 11) is 0. The van der Waals surface area contributed by atoms with Gasteiger partial charge in [-0.05, 0) is 6.42 Å². The van der Waals surface area contributed by atoms with Crippen molar-refractivity contribution in [3.05, 3.63) is 19.1 Å². The zero-order chi connectivity index (χ0) is 4.99. The van der Waals surface area contributed by atoms with Crippen molar-refractivity contribution in [2.75, 3.05) is 0 Å². The van der Waals surface area contributed by atoms with E-state index >= 15 is 0 Å². The molecule has 0 bridgehead atoms. The van der Waals surface area contributed by atoms with Crippen molar-refractivity contribution in [1.82, 2.24) is 0 Å². The van der Waals surface area contributed by atoms with E-state index in [4.69, 9.17) is 5.11 Å². The number of aliphatic hydroxyl groups is 1. The summed E-state index contributed by atoms with van der Waals surface area (Å²) in [4.78, 5) is 0. The first-order valence-electron chi connectivity index (χ1n) is 1.91. The summed E-state index contributed by atoms with van der Waals surface area (Å²) in [5.74, 6) is 0. The van der Waals surface area contributed by atoms with Crippen LogP contribution in [0.3, 0.4) is 0 Å². The molecule has 1 atom stereocenters. The molecular weight excluding hydrogens is 76.1 g/mol. The monoisotopic (exact) mass is 85.1 g/mol. The van der Waals surface area contributed by atoms with Crippen LogP contribution in [0.1, 0.15) is 6.92 Å². The molecule has 1 radical (unpaired) electrons. The smallest absolute Gasteiger partial charge is 0.0747 e. The molecule has 0 aromatic heterocycles. The standard InChI is InChI=1S/C5H9O/c1-3-5(6)4-2/h3-6H,1H2,2H3. The molecule has 0 saturated heterocycles. The van der Waals surface area contributed by atoms with Crippen molar-refractivity contribution < 1.29 is 5.11 Å². The highest BCUT2D eigenvalue weighted by atomic mass is 16.3. The van der Waals surface area contributed by atoms with Gasteiger partial charge in [0.25, 0.3) is 0 Å². The molecule has 6 heavy (non-hydrogen) atoms. The molecule has 0 fully saturated rings. The largest absolute Gasteiger partial charge is 0.389 e. The first kappa shape index (κ1) is 5.70. The SMILES string of the molecule is C=CC(O)[CH]C. The highest BCUT2D eigenvalue weighted by molar-refractivity contribution is 4.86. The lowest BCUT2D eigenvalue weighted by Crippen LogP contribution is -1.97. The minimum Gasteiger partial charge on any atom is -0.389 e. The van der Waals surface area contributed by atoms with Gasteiger partial charge in [-0.15, -0.1) is 6.58 Å². The molecule has 0 rings (SSSR count). The Morgan fingerprint density at radius 2 is 2.33 bits per heavy atom. The van der Waals surface area contributed by atoms with Crippen LogP contribution >= 0.6 is 0 Å². The van der Waals surface area contributed by atoms with E-state index in [9.17, 15) is 0 Å². The van der Waals surface area contributed by atoms with Gasteiger partial charge in [-0.25, -0.2) is 0 Å². The molecule has 1 heteroatoms. The van der Waals surface area contributed by atoms with Gasteiger partial charge in [-0.1, -0.05) is 13.0 Å². The molecule has 35 valence electrons. The Kier molecular flexibility index (Phi) is 2.77. The fourth-order valence-corrected chi connectivity index (χ4v) is 0.136. The van der Waals surface area contributed by atoms with E-state index in [0.29, 0.717) is 0 Å². The minimum absolute atomic E-state index is 0.426. The van der Waals surface area contributed by atoms with E-state index in [1.807, 2.05) is 0 Å². The molecule has 0 aliphatic heterocycles. The van der Waals surface area contributed by atoms with Crippen LogP contribution < -0.4 is 0 Å². The van der Waals surface area contributed by atoms with Crippen molar-refractivity contribution in [1.29, 1.82) is 0 Å². The predicted molar refractivity (Wildman–Crippen MR) is 26.2 cm³/mol. The molecule has 1 nitrogen and oxygen atoms in total. The van der Waals surface area contributed by atoms with Gasteiger partial charge >= 0.3 is 0 Å².